The van der Waals surface area contributed by atoms with Crippen LogP contribution < -0.4 is 15.4 Å². The SMILES string of the molecule is O=C(O)CCOCCOCCOCCOCCOCCOCCNC(=S)Nc1ccc2c(c1)C(=O)OC21c2ccc(O)cc2Oc2cc(O)ccc21. The van der Waals surface area contributed by atoms with E-state index in [1.807, 2.05) is 0 Å². The first kappa shape index (κ1) is 38.7. The summed E-state index contributed by atoms with van der Waals surface area (Å²) in [7, 11) is 0. The third-order valence-electron chi connectivity index (χ3n) is 7.88. The zero-order valence-corrected chi connectivity index (χ0v) is 29.2. The molecular formula is C36H42N2O13S. The molecule has 0 aliphatic carbocycles. The van der Waals surface area contributed by atoms with Crippen LogP contribution in [0.2, 0.25) is 0 Å². The predicted molar refractivity (Wildman–Crippen MR) is 189 cm³/mol. The van der Waals surface area contributed by atoms with Gasteiger partial charge in [0.2, 0.25) is 0 Å². The molecule has 2 heterocycles. The van der Waals surface area contributed by atoms with Gasteiger partial charge in [-0.2, -0.15) is 0 Å². The number of hydrogen-bond acceptors (Lipinski definition) is 13. The van der Waals surface area contributed by atoms with Crippen LogP contribution in [-0.2, 0) is 43.6 Å². The first-order chi connectivity index (χ1) is 25.3. The van der Waals surface area contributed by atoms with E-state index in [4.69, 9.17) is 55.2 Å². The maximum absolute atomic E-state index is 13.3. The van der Waals surface area contributed by atoms with Gasteiger partial charge in [0.25, 0.3) is 0 Å². The average Bonchev–Trinajstić information content (AvgIpc) is 3.39. The topological polar surface area (TPSA) is 193 Å². The molecule has 5 rings (SSSR count). The Morgan fingerprint density at radius 2 is 1.15 bits per heavy atom. The van der Waals surface area contributed by atoms with Crippen LogP contribution in [0.1, 0.15) is 33.5 Å². The molecule has 0 atom stereocenters. The number of anilines is 1. The van der Waals surface area contributed by atoms with Gasteiger partial charge >= 0.3 is 11.9 Å². The second-order valence-electron chi connectivity index (χ2n) is 11.5. The smallest absolute Gasteiger partial charge is 0.340 e. The van der Waals surface area contributed by atoms with Crippen molar-refractivity contribution in [3.05, 3.63) is 76.9 Å². The molecule has 0 saturated heterocycles. The number of carbonyl (C=O) groups is 2. The van der Waals surface area contributed by atoms with Crippen LogP contribution in [0.15, 0.2) is 54.6 Å². The second kappa shape index (κ2) is 19.3. The van der Waals surface area contributed by atoms with E-state index < -0.39 is 17.5 Å². The molecule has 2 aliphatic rings. The molecule has 5 N–H and O–H groups in total. The number of phenols is 2. The minimum Gasteiger partial charge on any atom is -0.508 e. The molecule has 16 heteroatoms. The van der Waals surface area contributed by atoms with Crippen LogP contribution in [0.3, 0.4) is 0 Å². The number of rotatable bonds is 22. The van der Waals surface area contributed by atoms with Gasteiger partial charge in [0.05, 0.1) is 91.3 Å². The number of carbonyl (C=O) groups excluding carboxylic acids is 1. The van der Waals surface area contributed by atoms with Gasteiger partial charge in [-0.05, 0) is 48.6 Å². The lowest BCUT2D eigenvalue weighted by Gasteiger charge is -2.36. The number of aliphatic carboxylic acids is 1. The second-order valence-corrected chi connectivity index (χ2v) is 11.9. The molecule has 280 valence electrons. The summed E-state index contributed by atoms with van der Waals surface area (Å²) in [5, 5.41) is 35.2. The number of benzene rings is 3. The lowest BCUT2D eigenvalue weighted by Crippen LogP contribution is -2.33. The molecule has 52 heavy (non-hydrogen) atoms. The lowest BCUT2D eigenvalue weighted by atomic mass is 9.77. The fourth-order valence-electron chi connectivity index (χ4n) is 5.56. The highest BCUT2D eigenvalue weighted by Gasteiger charge is 2.53. The number of ether oxygens (including phenoxy) is 8. The van der Waals surface area contributed by atoms with E-state index in [1.54, 1.807) is 30.3 Å². The van der Waals surface area contributed by atoms with Crippen molar-refractivity contribution in [1.82, 2.24) is 5.32 Å². The molecule has 15 nitrogen and oxygen atoms in total. The summed E-state index contributed by atoms with van der Waals surface area (Å²) < 4.78 is 44.5. The predicted octanol–water partition coefficient (Wildman–Crippen LogP) is 3.53. The number of esters is 1. The van der Waals surface area contributed by atoms with Crippen molar-refractivity contribution in [2.24, 2.45) is 0 Å². The fourth-order valence-corrected chi connectivity index (χ4v) is 5.78. The van der Waals surface area contributed by atoms with Crippen molar-refractivity contribution >= 4 is 35.0 Å². The molecule has 2 aliphatic heterocycles. The van der Waals surface area contributed by atoms with Crippen LogP contribution in [-0.4, -0.2) is 118 Å². The van der Waals surface area contributed by atoms with Crippen LogP contribution >= 0.6 is 12.2 Å². The van der Waals surface area contributed by atoms with E-state index in [0.717, 1.165) is 0 Å². The Morgan fingerprint density at radius 3 is 1.67 bits per heavy atom. The molecule has 0 unspecified atom stereocenters. The van der Waals surface area contributed by atoms with E-state index >= 15 is 0 Å². The molecule has 0 amide bonds. The Hall–Kier alpha value is -4.55. The van der Waals surface area contributed by atoms with Gasteiger partial charge in [0.1, 0.15) is 23.0 Å². The Labute approximate surface area is 305 Å². The van der Waals surface area contributed by atoms with Gasteiger partial charge in [0, 0.05) is 41.1 Å². The molecule has 0 bridgehead atoms. The number of thiocarbonyl (C=S) groups is 1. The van der Waals surface area contributed by atoms with Crippen molar-refractivity contribution in [2.75, 3.05) is 91.1 Å². The summed E-state index contributed by atoms with van der Waals surface area (Å²) in [6.45, 7) is 5.13. The number of nitrogens with one attached hydrogen (secondary N) is 2. The van der Waals surface area contributed by atoms with Gasteiger partial charge < -0.3 is 63.8 Å². The third kappa shape index (κ3) is 10.3. The zero-order valence-electron chi connectivity index (χ0n) is 28.4. The summed E-state index contributed by atoms with van der Waals surface area (Å²) in [5.41, 5.74) is 1.27. The normalized spacial score (nSPS) is 13.5. The molecule has 0 aromatic heterocycles. The number of fused-ring (bicyclic) bond motifs is 6. The highest BCUT2D eigenvalue weighted by atomic mass is 32.1. The largest absolute Gasteiger partial charge is 0.508 e. The van der Waals surface area contributed by atoms with E-state index in [-0.39, 0.29) is 24.5 Å². The lowest BCUT2D eigenvalue weighted by molar-refractivity contribution is -0.138. The Balaban J connectivity index is 0.937. The molecule has 1 spiro atoms. The van der Waals surface area contributed by atoms with Gasteiger partial charge in [-0.3, -0.25) is 4.79 Å². The fraction of sp³-hybridized carbons (Fsp3) is 0.417. The first-order valence-electron chi connectivity index (χ1n) is 16.7. The Bertz CT molecular complexity index is 1640. The summed E-state index contributed by atoms with van der Waals surface area (Å²) >= 11 is 5.44. The van der Waals surface area contributed by atoms with Crippen molar-refractivity contribution in [3.8, 4) is 23.0 Å². The van der Waals surface area contributed by atoms with Crippen molar-refractivity contribution in [3.63, 3.8) is 0 Å². The third-order valence-corrected chi connectivity index (χ3v) is 8.13. The van der Waals surface area contributed by atoms with Crippen molar-refractivity contribution in [1.29, 1.82) is 0 Å². The van der Waals surface area contributed by atoms with E-state index in [0.29, 0.717) is 124 Å². The minimum absolute atomic E-state index is 0.0150. The number of phenolic OH excluding ortho intramolecular Hbond substituents is 2. The monoisotopic (exact) mass is 742 g/mol. The number of carboxylic acid groups (broad SMARTS) is 1. The van der Waals surface area contributed by atoms with Gasteiger partial charge in [-0.1, -0.05) is 6.07 Å². The number of carboxylic acids is 1. The first-order valence-corrected chi connectivity index (χ1v) is 17.1. The highest BCUT2D eigenvalue weighted by molar-refractivity contribution is 7.80. The van der Waals surface area contributed by atoms with Crippen LogP contribution in [0.5, 0.6) is 23.0 Å². The number of aromatic hydroxyl groups is 2. The number of hydrogen-bond donors (Lipinski definition) is 5. The summed E-state index contributed by atoms with van der Waals surface area (Å²) in [5.74, 6) is -0.840. The molecule has 0 radical (unpaired) electrons. The van der Waals surface area contributed by atoms with Crippen LogP contribution in [0.4, 0.5) is 5.69 Å². The summed E-state index contributed by atoms with van der Waals surface area (Å²) in [6.07, 6.45) is -0.0200. The molecule has 3 aromatic rings. The molecule has 0 fully saturated rings. The Morgan fingerprint density at radius 1 is 0.673 bits per heavy atom. The summed E-state index contributed by atoms with van der Waals surface area (Å²) in [4.78, 5) is 23.7. The van der Waals surface area contributed by atoms with E-state index in [1.165, 1.54) is 24.3 Å². The van der Waals surface area contributed by atoms with E-state index in [2.05, 4.69) is 10.6 Å². The molecule has 0 saturated carbocycles. The maximum Gasteiger partial charge on any atom is 0.340 e. The summed E-state index contributed by atoms with van der Waals surface area (Å²) in [6, 6.07) is 14.5. The standard InChI is InChI=1S/C36H42N2O13S/c39-25-2-5-29-31(22-25)50-32-23-26(40)3-6-30(32)36(29)28-4-1-24(21-27(28)34(43)51-36)38-35(52)37-8-10-45-12-14-47-16-18-49-20-19-48-17-15-46-13-11-44-9-7-33(41)42/h1-6,21-23,39-40H,7-20H2,(H,41,42)(H2,37,38,52). The Kier molecular flexibility index (Phi) is 14.4. The van der Waals surface area contributed by atoms with Gasteiger partial charge in [0.15, 0.2) is 10.7 Å². The highest BCUT2D eigenvalue weighted by Crippen LogP contribution is 2.57. The van der Waals surface area contributed by atoms with Crippen LogP contribution in [0.25, 0.3) is 0 Å². The van der Waals surface area contributed by atoms with Crippen molar-refractivity contribution in [2.45, 2.75) is 12.0 Å². The van der Waals surface area contributed by atoms with Gasteiger partial charge in [-0.15, -0.1) is 0 Å². The van der Waals surface area contributed by atoms with Crippen molar-refractivity contribution < 1.29 is 62.8 Å². The minimum atomic E-state index is -1.33. The van der Waals surface area contributed by atoms with Gasteiger partial charge in [-0.25, -0.2) is 4.79 Å². The average molecular weight is 743 g/mol. The molecule has 3 aromatic carbocycles. The maximum atomic E-state index is 13.3. The quantitative estimate of drug-likeness (QED) is 0.0570. The zero-order chi connectivity index (χ0) is 36.8. The molecular weight excluding hydrogens is 700 g/mol. The van der Waals surface area contributed by atoms with Crippen LogP contribution in [0, 0.1) is 0 Å². The van der Waals surface area contributed by atoms with E-state index in [9.17, 15) is 19.8 Å².